The number of rotatable bonds is 5. The molecule has 1 aromatic carbocycles. The zero-order chi connectivity index (χ0) is 12.2. The van der Waals surface area contributed by atoms with Crippen molar-refractivity contribution in [1.29, 1.82) is 0 Å². The van der Waals surface area contributed by atoms with Gasteiger partial charge in [-0.05, 0) is 29.3 Å². The van der Waals surface area contributed by atoms with Gasteiger partial charge in [0.1, 0.15) is 5.75 Å². The van der Waals surface area contributed by atoms with Crippen LogP contribution >= 0.6 is 22.2 Å². The summed E-state index contributed by atoms with van der Waals surface area (Å²) in [7, 11) is 1.65. The van der Waals surface area contributed by atoms with Crippen molar-refractivity contribution in [2.24, 2.45) is 5.92 Å². The van der Waals surface area contributed by atoms with E-state index >= 15 is 0 Å². The van der Waals surface area contributed by atoms with Crippen molar-refractivity contribution in [3.63, 3.8) is 0 Å². The van der Waals surface area contributed by atoms with Gasteiger partial charge in [-0.25, -0.2) is 0 Å². The third-order valence-corrected chi connectivity index (χ3v) is 7.39. The van der Waals surface area contributed by atoms with E-state index in [-0.39, 0.29) is 0 Å². The van der Waals surface area contributed by atoms with Crippen LogP contribution in [-0.2, 0) is 0 Å². The van der Waals surface area contributed by atoms with Gasteiger partial charge in [-0.15, -0.1) is 22.2 Å². The summed E-state index contributed by atoms with van der Waals surface area (Å²) in [6.07, 6.45) is 1.11. The third-order valence-electron chi connectivity index (χ3n) is 2.79. The van der Waals surface area contributed by atoms with Gasteiger partial charge in [0, 0.05) is 0 Å². The molecule has 1 nitrogen and oxygen atoms in total. The first kappa shape index (κ1) is 13.9. The fourth-order valence-corrected chi connectivity index (χ4v) is 5.93. The van der Waals surface area contributed by atoms with Crippen molar-refractivity contribution in [1.82, 2.24) is 0 Å². The monoisotopic (exact) mass is 276 g/mol. The van der Waals surface area contributed by atoms with E-state index < -0.39 is 6.69 Å². The number of methoxy groups -OCH3 is 1. The van der Waals surface area contributed by atoms with Crippen LogP contribution in [0.5, 0.6) is 5.75 Å². The first-order valence-corrected chi connectivity index (χ1v) is 9.75. The molecule has 1 atom stereocenters. The van der Waals surface area contributed by atoms with Crippen molar-refractivity contribution in [2.45, 2.75) is 26.3 Å². The Kier molecular flexibility index (Phi) is 5.16. The number of hydrogen-bond donors (Lipinski definition) is 0. The molecule has 0 aliphatic rings. The summed E-state index contributed by atoms with van der Waals surface area (Å²) in [4.78, 5) is 0. The molecule has 0 saturated heterocycles. The largest absolute Gasteiger partial charge is 0.497 e. The highest BCUT2D eigenvalue weighted by atomic mass is 35.7. The van der Waals surface area contributed by atoms with Gasteiger partial charge in [0.2, 0.25) is 0 Å². The van der Waals surface area contributed by atoms with Gasteiger partial charge in [-0.1, -0.05) is 32.4 Å². The first-order valence-electron chi connectivity index (χ1n) is 5.52. The smallest absolute Gasteiger partial charge is 0.281 e. The van der Waals surface area contributed by atoms with Gasteiger partial charge in [0.15, 0.2) is 0 Å². The Hall–Kier alpha value is -0.183. The minimum Gasteiger partial charge on any atom is -0.497 e. The highest BCUT2D eigenvalue weighted by Crippen LogP contribution is 2.27. The number of benzene rings is 1. The van der Waals surface area contributed by atoms with Crippen LogP contribution in [0.2, 0.25) is 6.04 Å². The first-order chi connectivity index (χ1) is 7.49. The zero-order valence-electron chi connectivity index (χ0n) is 9.97. The molecule has 0 aliphatic heterocycles. The fourth-order valence-electron chi connectivity index (χ4n) is 1.55. The molecule has 0 fully saturated rings. The van der Waals surface area contributed by atoms with Crippen LogP contribution in [0.1, 0.15) is 20.3 Å². The standard InChI is InChI=1S/C12H18Cl2OSi/c1-4-10(2)9-16(13,14)12-7-5-6-11(8-12)15-3/h5-8,10H,4,9H2,1-3H3/t10-/m0/s1. The van der Waals surface area contributed by atoms with E-state index in [1.807, 2.05) is 24.3 Å². The van der Waals surface area contributed by atoms with Gasteiger partial charge in [0.25, 0.3) is 6.69 Å². The molecule has 0 aromatic heterocycles. The van der Waals surface area contributed by atoms with E-state index in [0.29, 0.717) is 5.92 Å². The van der Waals surface area contributed by atoms with E-state index in [9.17, 15) is 0 Å². The van der Waals surface area contributed by atoms with Crippen LogP contribution in [-0.4, -0.2) is 13.8 Å². The Morgan fingerprint density at radius 2 is 2.06 bits per heavy atom. The Morgan fingerprint density at radius 1 is 1.38 bits per heavy atom. The maximum absolute atomic E-state index is 6.51. The van der Waals surface area contributed by atoms with Crippen molar-refractivity contribution in [3.8, 4) is 5.75 Å². The Morgan fingerprint density at radius 3 is 2.62 bits per heavy atom. The second kappa shape index (κ2) is 5.94. The molecule has 0 radical (unpaired) electrons. The number of halogens is 2. The highest BCUT2D eigenvalue weighted by Gasteiger charge is 2.32. The van der Waals surface area contributed by atoms with E-state index in [4.69, 9.17) is 26.9 Å². The maximum Gasteiger partial charge on any atom is 0.281 e. The van der Waals surface area contributed by atoms with Crippen LogP contribution in [0.25, 0.3) is 0 Å². The molecule has 0 saturated carbocycles. The van der Waals surface area contributed by atoms with Crippen LogP contribution in [0.3, 0.4) is 0 Å². The lowest BCUT2D eigenvalue weighted by Gasteiger charge is -2.21. The topological polar surface area (TPSA) is 9.23 Å². The summed E-state index contributed by atoms with van der Waals surface area (Å²) in [5.74, 6) is 1.38. The lowest BCUT2D eigenvalue weighted by molar-refractivity contribution is 0.415. The van der Waals surface area contributed by atoms with Gasteiger partial charge in [0.05, 0.1) is 7.11 Å². The molecular formula is C12H18Cl2OSi. The molecule has 0 aliphatic carbocycles. The van der Waals surface area contributed by atoms with E-state index in [0.717, 1.165) is 23.4 Å². The molecule has 16 heavy (non-hydrogen) atoms. The van der Waals surface area contributed by atoms with Crippen molar-refractivity contribution in [2.75, 3.05) is 7.11 Å². The normalized spacial score (nSPS) is 13.6. The van der Waals surface area contributed by atoms with Gasteiger partial charge in [-0.3, -0.25) is 0 Å². The van der Waals surface area contributed by atoms with E-state index in [1.54, 1.807) is 7.11 Å². The lowest BCUT2D eigenvalue weighted by atomic mass is 10.2. The summed E-state index contributed by atoms with van der Waals surface area (Å²) >= 11 is 13.0. The highest BCUT2D eigenvalue weighted by molar-refractivity contribution is 7.51. The minimum absolute atomic E-state index is 0.563. The van der Waals surface area contributed by atoms with Crippen LogP contribution in [0, 0.1) is 5.92 Å². The van der Waals surface area contributed by atoms with E-state index in [1.165, 1.54) is 0 Å². The predicted octanol–water partition coefficient (Wildman–Crippen LogP) is 3.87. The summed E-state index contributed by atoms with van der Waals surface area (Å²) in [6.45, 7) is 2.00. The van der Waals surface area contributed by atoms with Crippen molar-refractivity contribution in [3.05, 3.63) is 24.3 Å². The van der Waals surface area contributed by atoms with Crippen molar-refractivity contribution >= 4 is 34.0 Å². The van der Waals surface area contributed by atoms with E-state index in [2.05, 4.69) is 13.8 Å². The average Bonchev–Trinajstić information content (AvgIpc) is 2.28. The zero-order valence-corrected chi connectivity index (χ0v) is 12.5. The molecule has 0 N–H and O–H groups in total. The summed E-state index contributed by atoms with van der Waals surface area (Å²) in [5, 5.41) is 1.04. The van der Waals surface area contributed by atoms with Gasteiger partial charge >= 0.3 is 0 Å². The predicted molar refractivity (Wildman–Crippen MR) is 74.4 cm³/mol. The third kappa shape index (κ3) is 3.69. The number of hydrogen-bond acceptors (Lipinski definition) is 1. The Bertz CT molecular complexity index is 342. The molecule has 90 valence electrons. The second-order valence-corrected chi connectivity index (χ2v) is 11.0. The second-order valence-electron chi connectivity index (χ2n) is 4.15. The van der Waals surface area contributed by atoms with Gasteiger partial charge in [-0.2, -0.15) is 0 Å². The molecule has 0 heterocycles. The molecule has 0 bridgehead atoms. The van der Waals surface area contributed by atoms with Crippen LogP contribution in [0.15, 0.2) is 24.3 Å². The SMILES string of the molecule is CC[C@H](C)C[Si](Cl)(Cl)c1cccc(OC)c1. The molecule has 0 unspecified atom stereocenters. The lowest BCUT2D eigenvalue weighted by Crippen LogP contribution is -2.37. The molecule has 4 heteroatoms. The average molecular weight is 277 g/mol. The Balaban J connectivity index is 2.88. The molecule has 0 spiro atoms. The van der Waals surface area contributed by atoms with Crippen LogP contribution < -0.4 is 9.92 Å². The molecule has 0 amide bonds. The summed E-state index contributed by atoms with van der Waals surface area (Å²) in [6, 6.07) is 8.69. The molecular weight excluding hydrogens is 259 g/mol. The minimum atomic E-state index is -2.35. The maximum atomic E-state index is 6.51. The molecule has 1 aromatic rings. The Labute approximate surface area is 108 Å². The molecule has 1 rings (SSSR count). The van der Waals surface area contributed by atoms with Crippen molar-refractivity contribution < 1.29 is 4.74 Å². The summed E-state index contributed by atoms with van der Waals surface area (Å²) in [5.41, 5.74) is 0. The fraction of sp³-hybridized carbons (Fsp3) is 0.500. The number of ether oxygens (including phenoxy) is 1. The quantitative estimate of drug-likeness (QED) is 0.586. The van der Waals surface area contributed by atoms with Crippen LogP contribution in [0.4, 0.5) is 0 Å². The summed E-state index contributed by atoms with van der Waals surface area (Å²) < 4.78 is 5.19. The van der Waals surface area contributed by atoms with Gasteiger partial charge < -0.3 is 4.74 Å².